The van der Waals surface area contributed by atoms with Crippen LogP contribution in [0.4, 0.5) is 15.9 Å². The molecule has 0 bridgehead atoms. The highest BCUT2D eigenvalue weighted by Gasteiger charge is 2.27. The molecule has 150 valence electrons. The Balaban J connectivity index is 1.70. The first-order chi connectivity index (χ1) is 13.4. The van der Waals surface area contributed by atoms with Gasteiger partial charge in [-0.15, -0.1) is 0 Å². The number of aromatic nitrogens is 2. The van der Waals surface area contributed by atoms with Crippen molar-refractivity contribution in [3.05, 3.63) is 56.5 Å². The number of rotatable bonds is 6. The average Bonchev–Trinajstić information content (AvgIpc) is 2.66. The molecule has 0 unspecified atom stereocenters. The summed E-state index contributed by atoms with van der Waals surface area (Å²) in [7, 11) is 0. The molecule has 9 heteroatoms. The summed E-state index contributed by atoms with van der Waals surface area (Å²) < 4.78 is 15.2. The molecule has 0 spiro atoms. The first-order valence-electron chi connectivity index (χ1n) is 9.41. The number of halogens is 1. The molecule has 0 atom stereocenters. The van der Waals surface area contributed by atoms with E-state index in [1.165, 1.54) is 10.6 Å². The lowest BCUT2D eigenvalue weighted by atomic mass is 10.1. The van der Waals surface area contributed by atoms with Gasteiger partial charge in [-0.1, -0.05) is 19.1 Å². The van der Waals surface area contributed by atoms with Crippen molar-refractivity contribution in [2.24, 2.45) is 0 Å². The Kier molecular flexibility index (Phi) is 5.93. The largest absolute Gasteiger partial charge is 0.384 e. The third kappa shape index (κ3) is 3.99. The van der Waals surface area contributed by atoms with Gasteiger partial charge in [-0.3, -0.25) is 19.1 Å². The summed E-state index contributed by atoms with van der Waals surface area (Å²) >= 11 is 0. The van der Waals surface area contributed by atoms with Crippen LogP contribution < -0.4 is 26.8 Å². The zero-order valence-electron chi connectivity index (χ0n) is 15.8. The molecular weight excluding hydrogens is 365 g/mol. The fraction of sp³-hybridized carbons (Fsp3) is 0.421. The fourth-order valence-corrected chi connectivity index (χ4v) is 3.57. The number of ketones is 1. The molecule has 28 heavy (non-hydrogen) atoms. The molecule has 1 fully saturated rings. The minimum atomic E-state index is -0.746. The summed E-state index contributed by atoms with van der Waals surface area (Å²) in [6.07, 6.45) is 0.646. The lowest BCUT2D eigenvalue weighted by Crippen LogP contribution is -3.15. The van der Waals surface area contributed by atoms with Crippen molar-refractivity contribution < 1.29 is 14.1 Å². The van der Waals surface area contributed by atoms with Crippen LogP contribution in [0.15, 0.2) is 33.9 Å². The van der Waals surface area contributed by atoms with Gasteiger partial charge in [0.05, 0.1) is 31.9 Å². The number of piperazine rings is 1. The highest BCUT2D eigenvalue weighted by Crippen LogP contribution is 2.18. The van der Waals surface area contributed by atoms with Crippen molar-refractivity contribution in [2.45, 2.75) is 19.9 Å². The van der Waals surface area contributed by atoms with Crippen LogP contribution in [-0.2, 0) is 6.54 Å². The predicted octanol–water partition coefficient (Wildman–Crippen LogP) is -0.744. The number of para-hydroxylation sites is 1. The minimum absolute atomic E-state index is 0.0787. The first-order valence-corrected chi connectivity index (χ1v) is 9.41. The second-order valence-corrected chi connectivity index (χ2v) is 6.96. The number of hydrogen-bond acceptors (Lipinski definition) is 5. The molecule has 1 saturated heterocycles. The number of Topliss-reactive ketones (excluding diaryl/α,β-unsaturated/α-hetero) is 1. The van der Waals surface area contributed by atoms with Crippen LogP contribution in [0.25, 0.3) is 0 Å². The van der Waals surface area contributed by atoms with Crippen LogP contribution in [0.2, 0.25) is 0 Å². The van der Waals surface area contributed by atoms with Gasteiger partial charge in [0.1, 0.15) is 23.7 Å². The van der Waals surface area contributed by atoms with E-state index < -0.39 is 17.0 Å². The van der Waals surface area contributed by atoms with Crippen molar-refractivity contribution in [1.82, 2.24) is 9.55 Å². The van der Waals surface area contributed by atoms with E-state index in [0.29, 0.717) is 44.8 Å². The Morgan fingerprint density at radius 1 is 1.25 bits per heavy atom. The van der Waals surface area contributed by atoms with Gasteiger partial charge in [0.2, 0.25) is 5.78 Å². The normalized spacial score (nSPS) is 15.0. The van der Waals surface area contributed by atoms with E-state index in [9.17, 15) is 18.8 Å². The van der Waals surface area contributed by atoms with Crippen LogP contribution in [0.1, 0.15) is 23.7 Å². The number of benzene rings is 1. The van der Waals surface area contributed by atoms with E-state index in [2.05, 4.69) is 4.98 Å². The average molecular weight is 390 g/mol. The van der Waals surface area contributed by atoms with Crippen molar-refractivity contribution in [3.63, 3.8) is 0 Å². The predicted molar refractivity (Wildman–Crippen MR) is 105 cm³/mol. The molecule has 3 rings (SSSR count). The summed E-state index contributed by atoms with van der Waals surface area (Å²) in [5.74, 6) is -0.734. The number of nitrogens with two attached hydrogens (primary N) is 1. The molecule has 1 aliphatic rings. The lowest BCUT2D eigenvalue weighted by molar-refractivity contribution is -0.892. The van der Waals surface area contributed by atoms with Crippen molar-refractivity contribution in [1.29, 1.82) is 0 Å². The van der Waals surface area contributed by atoms with Crippen LogP contribution in [-0.4, -0.2) is 48.1 Å². The molecular formula is C19H25FN5O3+. The Labute approximate surface area is 161 Å². The number of carbonyl (C=O) groups is 1. The Morgan fingerprint density at radius 3 is 2.57 bits per heavy atom. The molecule has 8 nitrogen and oxygen atoms in total. The molecule has 0 radical (unpaired) electrons. The van der Waals surface area contributed by atoms with Gasteiger partial charge in [-0.25, -0.2) is 9.18 Å². The van der Waals surface area contributed by atoms with Crippen molar-refractivity contribution in [2.75, 3.05) is 43.4 Å². The van der Waals surface area contributed by atoms with Gasteiger partial charge >= 0.3 is 5.69 Å². The Hall–Kier alpha value is -2.94. The number of nitrogen functional groups attached to an aromatic ring is 1. The Morgan fingerprint density at radius 2 is 1.93 bits per heavy atom. The SMILES string of the molecule is CCCn1c(N)c(C(=O)C[NH+]2CCN(c3ccccc3F)CC2)c(=O)[nH]c1=O. The number of nitrogens with zero attached hydrogens (tertiary/aromatic N) is 2. The second-order valence-electron chi connectivity index (χ2n) is 6.96. The number of quaternary nitrogens is 1. The smallest absolute Gasteiger partial charge is 0.329 e. The van der Waals surface area contributed by atoms with Crippen LogP contribution in [0.5, 0.6) is 0 Å². The monoisotopic (exact) mass is 390 g/mol. The quantitative estimate of drug-likeness (QED) is 0.563. The molecule has 1 aliphatic heterocycles. The maximum absolute atomic E-state index is 13.9. The van der Waals surface area contributed by atoms with Crippen molar-refractivity contribution in [3.8, 4) is 0 Å². The summed E-state index contributed by atoms with van der Waals surface area (Å²) in [6, 6.07) is 6.61. The number of hydrogen-bond donors (Lipinski definition) is 3. The van der Waals surface area contributed by atoms with Crippen LogP contribution >= 0.6 is 0 Å². The van der Waals surface area contributed by atoms with Gasteiger partial charge in [0.25, 0.3) is 5.56 Å². The topological polar surface area (TPSA) is 106 Å². The van der Waals surface area contributed by atoms with Gasteiger partial charge in [0, 0.05) is 6.54 Å². The third-order valence-corrected chi connectivity index (χ3v) is 5.04. The van der Waals surface area contributed by atoms with E-state index in [1.807, 2.05) is 11.8 Å². The maximum Gasteiger partial charge on any atom is 0.329 e. The number of H-pyrrole nitrogens is 1. The highest BCUT2D eigenvalue weighted by molar-refractivity contribution is 6.00. The van der Waals surface area contributed by atoms with Gasteiger partial charge in [0.15, 0.2) is 0 Å². The number of anilines is 2. The summed E-state index contributed by atoms with van der Waals surface area (Å²) in [5, 5.41) is 0. The Bertz CT molecular complexity index is 976. The first kappa shape index (κ1) is 19.8. The van der Waals surface area contributed by atoms with E-state index >= 15 is 0 Å². The molecule has 0 aliphatic carbocycles. The van der Waals surface area contributed by atoms with Gasteiger partial charge in [-0.05, 0) is 18.6 Å². The summed E-state index contributed by atoms with van der Waals surface area (Å²) in [4.78, 5) is 41.9. The zero-order valence-corrected chi connectivity index (χ0v) is 15.8. The number of nitrogens with one attached hydrogen (secondary N) is 2. The number of carbonyl (C=O) groups excluding carboxylic acids is 1. The van der Waals surface area contributed by atoms with Gasteiger partial charge in [-0.2, -0.15) is 0 Å². The van der Waals surface area contributed by atoms with E-state index in [0.717, 1.165) is 4.90 Å². The van der Waals surface area contributed by atoms with E-state index in [4.69, 9.17) is 5.73 Å². The molecule has 1 aromatic carbocycles. The molecule has 4 N–H and O–H groups in total. The lowest BCUT2D eigenvalue weighted by Gasteiger charge is -2.33. The van der Waals surface area contributed by atoms with E-state index in [1.54, 1.807) is 18.2 Å². The number of aromatic amines is 1. The fourth-order valence-electron chi connectivity index (χ4n) is 3.57. The van der Waals surface area contributed by atoms with Crippen LogP contribution in [0, 0.1) is 5.82 Å². The molecule has 2 aromatic rings. The summed E-state index contributed by atoms with van der Waals surface area (Å²) in [5.41, 5.74) is 5.00. The minimum Gasteiger partial charge on any atom is -0.384 e. The highest BCUT2D eigenvalue weighted by atomic mass is 19.1. The maximum atomic E-state index is 13.9. The molecule has 0 amide bonds. The zero-order chi connectivity index (χ0) is 20.3. The second kappa shape index (κ2) is 8.39. The van der Waals surface area contributed by atoms with Gasteiger partial charge < -0.3 is 15.5 Å². The third-order valence-electron chi connectivity index (χ3n) is 5.04. The standard InChI is InChI=1S/C19H24FN5O3/c1-2-7-25-17(21)16(18(27)22-19(25)28)15(26)12-23-8-10-24(11-9-23)14-6-4-3-5-13(14)20/h3-6H,2,7-12,21H2,1H3,(H,22,27,28)/p+1. The van der Waals surface area contributed by atoms with Crippen LogP contribution in [0.3, 0.4) is 0 Å². The van der Waals surface area contributed by atoms with E-state index in [-0.39, 0.29) is 23.7 Å². The molecule has 0 saturated carbocycles. The van der Waals surface area contributed by atoms with Crippen molar-refractivity contribution >= 4 is 17.3 Å². The molecule has 2 heterocycles. The molecule has 1 aromatic heterocycles. The summed E-state index contributed by atoms with van der Waals surface area (Å²) in [6.45, 7) is 4.77.